The second-order valence-electron chi connectivity index (χ2n) is 8.40. The third kappa shape index (κ3) is 3.65. The smallest absolute Gasteiger partial charge is 0.191 e. The number of aliphatic imine (C=N–C) groups is 1. The van der Waals surface area contributed by atoms with Gasteiger partial charge in [-0.25, -0.2) is 0 Å². The van der Waals surface area contributed by atoms with Crippen LogP contribution in [0.3, 0.4) is 0 Å². The molecule has 2 saturated heterocycles. The van der Waals surface area contributed by atoms with Crippen LogP contribution >= 0.6 is 15.9 Å². The first-order chi connectivity index (χ1) is 12.6. The Balaban J connectivity index is 1.35. The minimum Gasteiger partial charge on any atom is -0.356 e. The van der Waals surface area contributed by atoms with Crippen molar-refractivity contribution in [3.63, 3.8) is 0 Å². The van der Waals surface area contributed by atoms with E-state index >= 15 is 0 Å². The van der Waals surface area contributed by atoms with Crippen LogP contribution in [-0.2, 0) is 5.41 Å². The Morgan fingerprint density at radius 1 is 1.23 bits per heavy atom. The van der Waals surface area contributed by atoms with E-state index in [1.54, 1.807) is 0 Å². The van der Waals surface area contributed by atoms with Gasteiger partial charge >= 0.3 is 0 Å². The molecule has 2 heterocycles. The zero-order chi connectivity index (χ0) is 18.1. The van der Waals surface area contributed by atoms with E-state index in [0.29, 0.717) is 6.04 Å². The standard InChI is InChI=1S/C21H31BrN4/c1-23-20(25-15-12-16-6-5-7-17(13-15)26(16)2)24-14-21(10-11-21)18-8-3-4-9-19(18)22/h3-4,8-9,15-17H,5-7,10-14H2,1-2H3,(H2,23,24,25). The van der Waals surface area contributed by atoms with E-state index in [2.05, 4.69) is 67.8 Å². The van der Waals surface area contributed by atoms with Gasteiger partial charge in [0.05, 0.1) is 0 Å². The second kappa shape index (κ2) is 7.51. The van der Waals surface area contributed by atoms with Crippen LogP contribution in [0.5, 0.6) is 0 Å². The number of hydrogen-bond acceptors (Lipinski definition) is 2. The Hall–Kier alpha value is -1.07. The molecular formula is C21H31BrN4. The molecular weight excluding hydrogens is 388 g/mol. The van der Waals surface area contributed by atoms with Gasteiger partial charge in [-0.05, 0) is 57.2 Å². The minimum atomic E-state index is 0.265. The Morgan fingerprint density at radius 2 is 1.92 bits per heavy atom. The summed E-state index contributed by atoms with van der Waals surface area (Å²) in [5, 5.41) is 7.35. The van der Waals surface area contributed by atoms with Gasteiger partial charge in [-0.2, -0.15) is 0 Å². The quantitative estimate of drug-likeness (QED) is 0.578. The summed E-state index contributed by atoms with van der Waals surface area (Å²) in [7, 11) is 4.20. The second-order valence-corrected chi connectivity index (χ2v) is 9.26. The number of guanidine groups is 1. The fraction of sp³-hybridized carbons (Fsp3) is 0.667. The summed E-state index contributed by atoms with van der Waals surface area (Å²) in [6.45, 7) is 0.953. The van der Waals surface area contributed by atoms with Crippen LogP contribution in [0.25, 0.3) is 0 Å². The first-order valence-electron chi connectivity index (χ1n) is 10.1. The van der Waals surface area contributed by atoms with Crippen LogP contribution in [-0.4, -0.2) is 49.6 Å². The SMILES string of the molecule is CN=C(NCC1(c2ccccc2Br)CC1)NC1CC2CCCC(C1)N2C. The van der Waals surface area contributed by atoms with Gasteiger partial charge in [0.1, 0.15) is 0 Å². The number of halogens is 1. The van der Waals surface area contributed by atoms with Crippen LogP contribution in [0.4, 0.5) is 0 Å². The van der Waals surface area contributed by atoms with Gasteiger partial charge in [0.25, 0.3) is 0 Å². The fourth-order valence-corrected chi connectivity index (χ4v) is 5.66. The molecule has 1 saturated carbocycles. The highest BCUT2D eigenvalue weighted by Gasteiger charge is 2.45. The van der Waals surface area contributed by atoms with Crippen molar-refractivity contribution in [2.75, 3.05) is 20.6 Å². The molecule has 2 atom stereocenters. The maximum Gasteiger partial charge on any atom is 0.191 e. The molecule has 1 aromatic rings. The van der Waals surface area contributed by atoms with E-state index in [1.807, 2.05) is 7.05 Å². The van der Waals surface area contributed by atoms with Gasteiger partial charge in [0.15, 0.2) is 5.96 Å². The van der Waals surface area contributed by atoms with E-state index in [1.165, 1.54) is 55.0 Å². The lowest BCUT2D eigenvalue weighted by atomic mass is 9.82. The summed E-state index contributed by atoms with van der Waals surface area (Å²) in [5.41, 5.74) is 1.69. The van der Waals surface area contributed by atoms with Gasteiger partial charge < -0.3 is 15.5 Å². The van der Waals surface area contributed by atoms with Gasteiger partial charge in [0, 0.05) is 41.6 Å². The van der Waals surface area contributed by atoms with Crippen molar-refractivity contribution in [3.05, 3.63) is 34.3 Å². The molecule has 1 aromatic carbocycles. The molecule has 2 bridgehead atoms. The first-order valence-corrected chi connectivity index (χ1v) is 10.8. The van der Waals surface area contributed by atoms with E-state index in [-0.39, 0.29) is 5.41 Å². The predicted octanol–water partition coefficient (Wildman–Crippen LogP) is 3.66. The molecule has 0 spiro atoms. The molecule has 4 rings (SSSR count). The Morgan fingerprint density at radius 3 is 2.54 bits per heavy atom. The normalized spacial score (nSPS) is 30.7. The number of nitrogens with zero attached hydrogens (tertiary/aromatic N) is 2. The zero-order valence-corrected chi connectivity index (χ0v) is 17.6. The van der Waals surface area contributed by atoms with Crippen LogP contribution < -0.4 is 10.6 Å². The number of hydrogen-bond donors (Lipinski definition) is 2. The maximum absolute atomic E-state index is 4.51. The molecule has 0 amide bonds. The molecule has 0 radical (unpaired) electrons. The third-order valence-electron chi connectivity index (χ3n) is 6.80. The average Bonchev–Trinajstić information content (AvgIpc) is 3.40. The van der Waals surface area contributed by atoms with Crippen molar-refractivity contribution in [1.29, 1.82) is 0 Å². The summed E-state index contributed by atoms with van der Waals surface area (Å²) in [4.78, 5) is 7.13. The van der Waals surface area contributed by atoms with Crippen LogP contribution in [0.1, 0.15) is 50.5 Å². The maximum atomic E-state index is 4.51. The van der Waals surface area contributed by atoms with Crippen molar-refractivity contribution in [3.8, 4) is 0 Å². The molecule has 4 nitrogen and oxygen atoms in total. The highest BCUT2D eigenvalue weighted by molar-refractivity contribution is 9.10. The van der Waals surface area contributed by atoms with Crippen LogP contribution in [0, 0.1) is 0 Å². The van der Waals surface area contributed by atoms with Gasteiger partial charge in [-0.3, -0.25) is 4.99 Å². The molecule has 0 aromatic heterocycles. The highest BCUT2D eigenvalue weighted by atomic mass is 79.9. The summed E-state index contributed by atoms with van der Waals surface area (Å²) in [5.74, 6) is 0.968. The van der Waals surface area contributed by atoms with Crippen LogP contribution in [0.2, 0.25) is 0 Å². The number of nitrogens with one attached hydrogen (secondary N) is 2. The summed E-state index contributed by atoms with van der Waals surface area (Å²) in [6.07, 6.45) is 9.07. The number of fused-ring (bicyclic) bond motifs is 2. The Kier molecular flexibility index (Phi) is 5.29. The van der Waals surface area contributed by atoms with Gasteiger partial charge in [0.2, 0.25) is 0 Å². The molecule has 2 aliphatic heterocycles. The van der Waals surface area contributed by atoms with Crippen molar-refractivity contribution >= 4 is 21.9 Å². The molecule has 142 valence electrons. The molecule has 3 fully saturated rings. The number of benzene rings is 1. The van der Waals surface area contributed by atoms with Crippen LogP contribution in [0.15, 0.2) is 33.7 Å². The monoisotopic (exact) mass is 418 g/mol. The summed E-state index contributed by atoms with van der Waals surface area (Å²) < 4.78 is 1.23. The fourth-order valence-electron chi connectivity index (χ4n) is 4.96. The summed E-state index contributed by atoms with van der Waals surface area (Å²) >= 11 is 3.73. The molecule has 2 N–H and O–H groups in total. The lowest BCUT2D eigenvalue weighted by Crippen LogP contribution is -2.57. The zero-order valence-electron chi connectivity index (χ0n) is 16.0. The minimum absolute atomic E-state index is 0.265. The largest absolute Gasteiger partial charge is 0.356 e. The topological polar surface area (TPSA) is 39.7 Å². The molecule has 5 heteroatoms. The van der Waals surface area contributed by atoms with Gasteiger partial charge in [-0.15, -0.1) is 0 Å². The lowest BCUT2D eigenvalue weighted by molar-refractivity contribution is 0.0526. The van der Waals surface area contributed by atoms with Crippen molar-refractivity contribution in [2.45, 2.75) is 68.5 Å². The average molecular weight is 419 g/mol. The third-order valence-corrected chi connectivity index (χ3v) is 7.49. The Labute approximate surface area is 166 Å². The number of rotatable bonds is 4. The Bertz CT molecular complexity index is 656. The molecule has 2 unspecified atom stereocenters. The van der Waals surface area contributed by atoms with Crippen molar-refractivity contribution in [1.82, 2.24) is 15.5 Å². The molecule has 26 heavy (non-hydrogen) atoms. The molecule has 1 aliphatic carbocycles. The first kappa shape index (κ1) is 18.3. The highest BCUT2D eigenvalue weighted by Crippen LogP contribution is 2.49. The predicted molar refractivity (Wildman–Crippen MR) is 112 cm³/mol. The number of piperidine rings is 2. The van der Waals surface area contributed by atoms with E-state index in [4.69, 9.17) is 0 Å². The van der Waals surface area contributed by atoms with Gasteiger partial charge in [-0.1, -0.05) is 40.5 Å². The van der Waals surface area contributed by atoms with E-state index in [0.717, 1.165) is 24.6 Å². The van der Waals surface area contributed by atoms with E-state index < -0.39 is 0 Å². The van der Waals surface area contributed by atoms with E-state index in [9.17, 15) is 0 Å². The molecule has 3 aliphatic rings. The summed E-state index contributed by atoms with van der Waals surface area (Å²) in [6, 6.07) is 10.7. The van der Waals surface area contributed by atoms with Crippen molar-refractivity contribution in [2.24, 2.45) is 4.99 Å². The lowest BCUT2D eigenvalue weighted by Gasteiger charge is -2.47. The van der Waals surface area contributed by atoms with Crippen molar-refractivity contribution < 1.29 is 0 Å².